The fourth-order valence-corrected chi connectivity index (χ4v) is 7.09. The van der Waals surface area contributed by atoms with E-state index in [-0.39, 0.29) is 48.8 Å². The quantitative estimate of drug-likeness (QED) is 0.127. The molecule has 2 aromatic heterocycles. The zero-order valence-corrected chi connectivity index (χ0v) is 31.2. The third-order valence-corrected chi connectivity index (χ3v) is 9.71. The van der Waals surface area contributed by atoms with Crippen LogP contribution in [0.5, 0.6) is 11.8 Å². The number of hydrogen-bond donors (Lipinski definition) is 3. The number of amides is 1. The molecule has 3 aromatic carbocycles. The van der Waals surface area contributed by atoms with Crippen LogP contribution < -0.4 is 4.84 Å². The second kappa shape index (κ2) is 16.2. The van der Waals surface area contributed by atoms with Crippen molar-refractivity contribution >= 4 is 11.9 Å². The molecule has 0 bridgehead atoms. The van der Waals surface area contributed by atoms with Crippen molar-refractivity contribution in [3.8, 4) is 23.0 Å². The summed E-state index contributed by atoms with van der Waals surface area (Å²) >= 11 is 0. The molecule has 0 spiro atoms. The number of hydrogen-bond acceptors (Lipinski definition) is 8. The standard InChI is InChI=1S/C41H43F4N5O6/c1-24(51)39(54)49(21-28-20-47(22-33(28)45)18-25-8-10-27(11-9-25)40(55)56-50-35(52)14-15-36(50)53)37(41(2,3)4)38-46-34(31-17-30(43)12-13-32(31)44)23-48(38)19-26-6-5-7-29(42)16-26/h5-17,23-24,28,33,37,51-53H,18-22H2,1-4H3/t24-,28-,33-,37-/m0/s1. The molecule has 1 fully saturated rings. The van der Waals surface area contributed by atoms with Crippen LogP contribution in [0.3, 0.4) is 0 Å². The summed E-state index contributed by atoms with van der Waals surface area (Å²) in [6.45, 7) is 7.37. The van der Waals surface area contributed by atoms with Gasteiger partial charge in [0.1, 0.15) is 35.6 Å². The van der Waals surface area contributed by atoms with Gasteiger partial charge in [-0.05, 0) is 65.9 Å². The Hall–Kier alpha value is -5.67. The third kappa shape index (κ3) is 8.89. The minimum atomic E-state index is -1.47. The number of aromatic hydroxyl groups is 2. The number of imidazole rings is 1. The monoisotopic (exact) mass is 777 g/mol. The van der Waals surface area contributed by atoms with Crippen molar-refractivity contribution in [2.75, 3.05) is 19.6 Å². The lowest BCUT2D eigenvalue weighted by Gasteiger charge is -2.41. The van der Waals surface area contributed by atoms with Gasteiger partial charge in [-0.3, -0.25) is 9.69 Å². The predicted molar refractivity (Wildman–Crippen MR) is 197 cm³/mol. The molecule has 1 amide bonds. The molecule has 11 nitrogen and oxygen atoms in total. The molecule has 56 heavy (non-hydrogen) atoms. The highest BCUT2D eigenvalue weighted by Crippen LogP contribution is 2.41. The smallest absolute Gasteiger partial charge is 0.363 e. The lowest BCUT2D eigenvalue weighted by atomic mass is 9.84. The van der Waals surface area contributed by atoms with Crippen molar-refractivity contribution in [2.24, 2.45) is 11.3 Å². The zero-order chi connectivity index (χ0) is 40.5. The third-order valence-electron chi connectivity index (χ3n) is 9.71. The van der Waals surface area contributed by atoms with Crippen LogP contribution in [0, 0.1) is 28.8 Å². The first-order valence-electron chi connectivity index (χ1n) is 18.0. The molecular weight excluding hydrogens is 734 g/mol. The van der Waals surface area contributed by atoms with E-state index in [0.29, 0.717) is 16.8 Å². The van der Waals surface area contributed by atoms with Crippen LogP contribution in [0.25, 0.3) is 11.3 Å². The van der Waals surface area contributed by atoms with Gasteiger partial charge in [-0.25, -0.2) is 27.3 Å². The maximum Gasteiger partial charge on any atom is 0.363 e. The summed E-state index contributed by atoms with van der Waals surface area (Å²) in [4.78, 5) is 39.6. The summed E-state index contributed by atoms with van der Waals surface area (Å²) in [7, 11) is 0. The first kappa shape index (κ1) is 40.0. The van der Waals surface area contributed by atoms with E-state index < -0.39 is 70.7 Å². The van der Waals surface area contributed by atoms with Gasteiger partial charge in [-0.2, -0.15) is 0 Å². The van der Waals surface area contributed by atoms with Crippen LogP contribution in [-0.2, 0) is 17.9 Å². The van der Waals surface area contributed by atoms with E-state index in [2.05, 4.69) is 0 Å². The van der Waals surface area contributed by atoms with Gasteiger partial charge in [-0.15, -0.1) is 4.73 Å². The number of likely N-dealkylation sites (tertiary alicyclic amines) is 1. The van der Waals surface area contributed by atoms with Crippen molar-refractivity contribution in [1.82, 2.24) is 24.1 Å². The van der Waals surface area contributed by atoms with E-state index in [0.717, 1.165) is 35.9 Å². The summed E-state index contributed by atoms with van der Waals surface area (Å²) in [5, 5.41) is 30.2. The molecule has 6 rings (SSSR count). The molecule has 0 unspecified atom stereocenters. The van der Waals surface area contributed by atoms with Crippen molar-refractivity contribution in [3.05, 3.63) is 125 Å². The number of carbonyl (C=O) groups excluding carboxylic acids is 2. The number of rotatable bonds is 12. The normalized spacial score (nSPS) is 17.2. The summed E-state index contributed by atoms with van der Waals surface area (Å²) < 4.78 is 62.0. The van der Waals surface area contributed by atoms with Crippen molar-refractivity contribution < 1.29 is 47.3 Å². The van der Waals surface area contributed by atoms with Gasteiger partial charge in [0.2, 0.25) is 11.8 Å². The topological polar surface area (TPSA) is 133 Å². The van der Waals surface area contributed by atoms with Crippen LogP contribution in [0.1, 0.15) is 61.0 Å². The average Bonchev–Trinajstić information content (AvgIpc) is 3.80. The number of aliphatic hydroxyl groups excluding tert-OH is 1. The zero-order valence-electron chi connectivity index (χ0n) is 31.2. The van der Waals surface area contributed by atoms with Crippen molar-refractivity contribution in [3.63, 3.8) is 0 Å². The van der Waals surface area contributed by atoms with E-state index in [4.69, 9.17) is 9.82 Å². The largest absolute Gasteiger partial charge is 0.492 e. The molecule has 4 atom stereocenters. The van der Waals surface area contributed by atoms with Crippen LogP contribution >= 0.6 is 0 Å². The Kier molecular flexibility index (Phi) is 11.6. The highest BCUT2D eigenvalue weighted by Gasteiger charge is 2.43. The van der Waals surface area contributed by atoms with Gasteiger partial charge in [0, 0.05) is 62.5 Å². The summed E-state index contributed by atoms with van der Waals surface area (Å²) in [5.74, 6) is -4.78. The number of aromatic nitrogens is 3. The fourth-order valence-electron chi connectivity index (χ4n) is 7.09. The predicted octanol–water partition coefficient (Wildman–Crippen LogP) is 6.26. The van der Waals surface area contributed by atoms with E-state index in [1.165, 1.54) is 42.3 Å². The Labute approximate surface area is 321 Å². The molecule has 1 aliphatic rings. The number of carbonyl (C=O) groups is 2. The number of nitrogens with zero attached hydrogens (tertiary/aromatic N) is 5. The van der Waals surface area contributed by atoms with Gasteiger partial charge in [0.15, 0.2) is 0 Å². The van der Waals surface area contributed by atoms with E-state index in [1.54, 1.807) is 28.8 Å². The van der Waals surface area contributed by atoms with Crippen LogP contribution in [0.15, 0.2) is 85.1 Å². The first-order valence-corrected chi connectivity index (χ1v) is 18.0. The average molecular weight is 778 g/mol. The molecule has 296 valence electrons. The minimum absolute atomic E-state index is 0.0364. The number of alkyl halides is 1. The molecule has 1 saturated heterocycles. The van der Waals surface area contributed by atoms with E-state index in [1.807, 2.05) is 25.7 Å². The summed E-state index contributed by atoms with van der Waals surface area (Å²) in [6.07, 6.45) is -1.34. The van der Waals surface area contributed by atoms with Crippen LogP contribution in [0.2, 0.25) is 0 Å². The summed E-state index contributed by atoms with van der Waals surface area (Å²) in [6, 6.07) is 16.6. The molecule has 0 saturated carbocycles. The van der Waals surface area contributed by atoms with Gasteiger partial charge >= 0.3 is 5.97 Å². The molecule has 1 aliphatic heterocycles. The Morgan fingerprint density at radius 2 is 1.59 bits per heavy atom. The number of halogens is 4. The van der Waals surface area contributed by atoms with E-state index in [9.17, 15) is 33.7 Å². The van der Waals surface area contributed by atoms with Crippen molar-refractivity contribution in [2.45, 2.75) is 59.1 Å². The van der Waals surface area contributed by atoms with Crippen LogP contribution in [-0.4, -0.2) is 83.2 Å². The second-order valence-electron chi connectivity index (χ2n) is 15.2. The van der Waals surface area contributed by atoms with Gasteiger partial charge < -0.3 is 29.6 Å². The molecule has 0 radical (unpaired) electrons. The molecule has 3 N–H and O–H groups in total. The second-order valence-corrected chi connectivity index (χ2v) is 15.2. The lowest BCUT2D eigenvalue weighted by Crippen LogP contribution is -2.49. The Morgan fingerprint density at radius 1 is 0.911 bits per heavy atom. The molecule has 3 heterocycles. The number of benzene rings is 3. The first-order chi connectivity index (χ1) is 26.5. The van der Waals surface area contributed by atoms with Crippen molar-refractivity contribution in [1.29, 1.82) is 0 Å². The minimum Gasteiger partial charge on any atom is -0.492 e. The lowest BCUT2D eigenvalue weighted by molar-refractivity contribution is -0.146. The molecule has 5 aromatic rings. The maximum absolute atomic E-state index is 16.0. The highest BCUT2D eigenvalue weighted by molar-refractivity contribution is 5.89. The SMILES string of the molecule is C[C@H](O)C(=O)N(C[C@@H]1CN(Cc2ccc(C(=O)On3c(O)ccc3O)cc2)C[C@@H]1F)[C@@H](c1nc(-c2cc(F)ccc2F)cn1Cc1cccc(F)c1)C(C)(C)C. The Bertz CT molecular complexity index is 2180. The molecular formula is C41H43F4N5O6. The Balaban J connectivity index is 1.27. The fraction of sp³-hybridized carbons (Fsp3) is 0.341. The van der Waals surface area contributed by atoms with Gasteiger partial charge in [0.25, 0.3) is 5.91 Å². The molecule has 0 aliphatic carbocycles. The molecule has 15 heteroatoms. The van der Waals surface area contributed by atoms with Gasteiger partial charge in [0.05, 0.1) is 17.3 Å². The number of aliphatic hydroxyl groups is 1. The Morgan fingerprint density at radius 3 is 2.23 bits per heavy atom. The van der Waals surface area contributed by atoms with E-state index >= 15 is 8.78 Å². The maximum atomic E-state index is 16.0. The van der Waals surface area contributed by atoms with Gasteiger partial charge in [-0.1, -0.05) is 45.0 Å². The van der Waals surface area contributed by atoms with Crippen LogP contribution in [0.4, 0.5) is 17.6 Å². The highest BCUT2D eigenvalue weighted by atomic mass is 19.1. The summed E-state index contributed by atoms with van der Waals surface area (Å²) in [5.41, 5.74) is 0.577.